The molecule has 1 unspecified atom stereocenters. The average Bonchev–Trinajstić information content (AvgIpc) is 1.67. The summed E-state index contributed by atoms with van der Waals surface area (Å²) in [5.41, 5.74) is 2.40. The van der Waals surface area contributed by atoms with E-state index >= 15 is 0 Å². The lowest BCUT2D eigenvalue weighted by atomic mass is 10.1. The molecule has 0 spiro atoms. The van der Waals surface area contributed by atoms with Gasteiger partial charge in [-0.3, -0.25) is 11.3 Å². The molecule has 0 aromatic carbocycles. The second kappa shape index (κ2) is 3.83. The van der Waals surface area contributed by atoms with Crippen molar-refractivity contribution in [3.63, 3.8) is 0 Å². The molecule has 3 heteroatoms. The van der Waals surface area contributed by atoms with Crippen molar-refractivity contribution in [1.82, 2.24) is 5.43 Å². The minimum atomic E-state index is -0.319. The first-order chi connectivity index (χ1) is 3.68. The third kappa shape index (κ3) is 2.96. The number of hydrogen-bond donors (Lipinski definition) is 3. The van der Waals surface area contributed by atoms with E-state index in [0.29, 0.717) is 6.54 Å². The summed E-state index contributed by atoms with van der Waals surface area (Å²) in [5, 5.41) is 8.98. The largest absolute Gasteiger partial charge is 0.391 e. The molecule has 0 aromatic rings. The van der Waals surface area contributed by atoms with Crippen molar-refractivity contribution in [2.45, 2.75) is 20.0 Å². The van der Waals surface area contributed by atoms with Gasteiger partial charge in [-0.1, -0.05) is 13.8 Å². The molecule has 0 saturated carbocycles. The van der Waals surface area contributed by atoms with Gasteiger partial charge in [0.2, 0.25) is 0 Å². The summed E-state index contributed by atoms with van der Waals surface area (Å²) in [6.45, 7) is 4.36. The molecular formula is C5H14N2O. The second-order valence-corrected chi connectivity index (χ2v) is 2.22. The van der Waals surface area contributed by atoms with Crippen molar-refractivity contribution >= 4 is 0 Å². The number of aliphatic hydroxyl groups excluding tert-OH is 1. The summed E-state index contributed by atoms with van der Waals surface area (Å²) < 4.78 is 0. The van der Waals surface area contributed by atoms with Crippen LogP contribution in [0.5, 0.6) is 0 Å². The molecule has 0 aliphatic rings. The van der Waals surface area contributed by atoms with Crippen molar-refractivity contribution < 1.29 is 5.11 Å². The number of hydrogen-bond acceptors (Lipinski definition) is 3. The molecule has 0 saturated heterocycles. The van der Waals surface area contributed by atoms with E-state index in [-0.39, 0.29) is 12.0 Å². The van der Waals surface area contributed by atoms with Crippen LogP contribution in [-0.4, -0.2) is 17.8 Å². The minimum Gasteiger partial charge on any atom is -0.391 e. The molecular weight excluding hydrogens is 104 g/mol. The molecule has 0 heterocycles. The fourth-order valence-corrected chi connectivity index (χ4v) is 0.356. The second-order valence-electron chi connectivity index (χ2n) is 2.22. The SMILES string of the molecule is CC(C)C(O)CNN. The van der Waals surface area contributed by atoms with Crippen molar-refractivity contribution in [3.05, 3.63) is 0 Å². The highest BCUT2D eigenvalue weighted by molar-refractivity contribution is 4.59. The standard InChI is InChI=1S/C5H14N2O/c1-4(2)5(8)3-7-6/h4-5,7-8H,3,6H2,1-2H3. The van der Waals surface area contributed by atoms with Crippen LogP contribution in [0, 0.1) is 5.92 Å². The molecule has 0 rings (SSSR count). The van der Waals surface area contributed by atoms with E-state index in [0.717, 1.165) is 0 Å². The maximum absolute atomic E-state index is 8.98. The van der Waals surface area contributed by atoms with Gasteiger partial charge in [0.15, 0.2) is 0 Å². The van der Waals surface area contributed by atoms with Gasteiger partial charge in [0.05, 0.1) is 6.10 Å². The number of aliphatic hydroxyl groups is 1. The first-order valence-corrected chi connectivity index (χ1v) is 2.80. The Kier molecular flexibility index (Phi) is 3.77. The van der Waals surface area contributed by atoms with Crippen molar-refractivity contribution in [2.24, 2.45) is 11.8 Å². The van der Waals surface area contributed by atoms with Gasteiger partial charge >= 0.3 is 0 Å². The lowest BCUT2D eigenvalue weighted by Gasteiger charge is -2.12. The van der Waals surface area contributed by atoms with Crippen LogP contribution in [0.1, 0.15) is 13.8 Å². The highest BCUT2D eigenvalue weighted by Gasteiger charge is 2.05. The molecule has 0 aliphatic heterocycles. The topological polar surface area (TPSA) is 58.3 Å². The van der Waals surface area contributed by atoms with Crippen LogP contribution < -0.4 is 11.3 Å². The quantitative estimate of drug-likeness (QED) is 0.345. The Bertz CT molecular complexity index is 56.4. The average molecular weight is 118 g/mol. The van der Waals surface area contributed by atoms with E-state index in [1.54, 1.807) is 0 Å². The van der Waals surface area contributed by atoms with Gasteiger partial charge in [0.1, 0.15) is 0 Å². The summed E-state index contributed by atoms with van der Waals surface area (Å²) in [6, 6.07) is 0. The Morgan fingerprint density at radius 1 is 1.62 bits per heavy atom. The van der Waals surface area contributed by atoms with E-state index in [9.17, 15) is 0 Å². The molecule has 0 aromatic heterocycles. The number of nitrogens with one attached hydrogen (secondary N) is 1. The Hall–Kier alpha value is -0.120. The molecule has 4 N–H and O–H groups in total. The van der Waals surface area contributed by atoms with E-state index < -0.39 is 0 Å². The van der Waals surface area contributed by atoms with Gasteiger partial charge in [0, 0.05) is 6.54 Å². The zero-order chi connectivity index (χ0) is 6.57. The zero-order valence-electron chi connectivity index (χ0n) is 5.39. The summed E-state index contributed by atoms with van der Waals surface area (Å²) in [7, 11) is 0. The van der Waals surface area contributed by atoms with Crippen LogP contribution in [0.2, 0.25) is 0 Å². The fraction of sp³-hybridized carbons (Fsp3) is 1.00. The predicted molar refractivity (Wildman–Crippen MR) is 33.0 cm³/mol. The molecule has 0 aliphatic carbocycles. The van der Waals surface area contributed by atoms with Crippen LogP contribution in [0.4, 0.5) is 0 Å². The third-order valence-corrected chi connectivity index (χ3v) is 1.10. The Morgan fingerprint density at radius 2 is 2.12 bits per heavy atom. The minimum absolute atomic E-state index is 0.283. The van der Waals surface area contributed by atoms with E-state index in [4.69, 9.17) is 10.9 Å². The molecule has 0 amide bonds. The lowest BCUT2D eigenvalue weighted by molar-refractivity contribution is 0.124. The Balaban J connectivity index is 3.17. The maximum Gasteiger partial charge on any atom is 0.0701 e. The Morgan fingerprint density at radius 3 is 2.25 bits per heavy atom. The van der Waals surface area contributed by atoms with Crippen LogP contribution in [0.25, 0.3) is 0 Å². The van der Waals surface area contributed by atoms with E-state index in [1.165, 1.54) is 0 Å². The normalized spacial score (nSPS) is 14.6. The molecule has 1 atom stereocenters. The number of nitrogens with two attached hydrogens (primary N) is 1. The predicted octanol–water partition coefficient (Wildman–Crippen LogP) is -0.533. The number of hydrazine groups is 1. The van der Waals surface area contributed by atoms with Crippen LogP contribution in [0.15, 0.2) is 0 Å². The highest BCUT2D eigenvalue weighted by Crippen LogP contribution is 1.97. The summed E-state index contributed by atoms with van der Waals surface area (Å²) in [6.07, 6.45) is -0.319. The molecule has 50 valence electrons. The summed E-state index contributed by atoms with van der Waals surface area (Å²) in [4.78, 5) is 0. The summed E-state index contributed by atoms with van der Waals surface area (Å²) in [5.74, 6) is 5.24. The summed E-state index contributed by atoms with van der Waals surface area (Å²) >= 11 is 0. The lowest BCUT2D eigenvalue weighted by Crippen LogP contribution is -2.34. The van der Waals surface area contributed by atoms with Crippen molar-refractivity contribution in [2.75, 3.05) is 6.54 Å². The first kappa shape index (κ1) is 7.88. The van der Waals surface area contributed by atoms with Gasteiger partial charge in [-0.25, -0.2) is 0 Å². The number of rotatable bonds is 3. The van der Waals surface area contributed by atoms with Gasteiger partial charge in [0.25, 0.3) is 0 Å². The van der Waals surface area contributed by atoms with Crippen LogP contribution in [-0.2, 0) is 0 Å². The van der Waals surface area contributed by atoms with Crippen LogP contribution in [0.3, 0.4) is 0 Å². The Labute approximate surface area is 49.9 Å². The fourth-order valence-electron chi connectivity index (χ4n) is 0.356. The van der Waals surface area contributed by atoms with Gasteiger partial charge in [-0.05, 0) is 5.92 Å². The van der Waals surface area contributed by atoms with Gasteiger partial charge in [-0.2, -0.15) is 0 Å². The van der Waals surface area contributed by atoms with E-state index in [1.807, 2.05) is 13.8 Å². The third-order valence-electron chi connectivity index (χ3n) is 1.10. The molecule has 0 fully saturated rings. The first-order valence-electron chi connectivity index (χ1n) is 2.80. The van der Waals surface area contributed by atoms with Crippen LogP contribution >= 0.6 is 0 Å². The molecule has 0 bridgehead atoms. The maximum atomic E-state index is 8.98. The van der Waals surface area contributed by atoms with Crippen molar-refractivity contribution in [1.29, 1.82) is 0 Å². The molecule has 0 radical (unpaired) electrons. The monoisotopic (exact) mass is 118 g/mol. The highest BCUT2D eigenvalue weighted by atomic mass is 16.3. The van der Waals surface area contributed by atoms with Gasteiger partial charge in [-0.15, -0.1) is 0 Å². The smallest absolute Gasteiger partial charge is 0.0701 e. The van der Waals surface area contributed by atoms with Crippen molar-refractivity contribution in [3.8, 4) is 0 Å². The molecule has 3 nitrogen and oxygen atoms in total. The zero-order valence-corrected chi connectivity index (χ0v) is 5.39. The van der Waals surface area contributed by atoms with Gasteiger partial charge < -0.3 is 5.11 Å². The molecule has 8 heavy (non-hydrogen) atoms. The van der Waals surface area contributed by atoms with E-state index in [2.05, 4.69) is 5.43 Å².